The van der Waals surface area contributed by atoms with Crippen molar-refractivity contribution in [3.05, 3.63) is 23.2 Å². The normalized spacial score (nSPS) is 11.3. The molecule has 88 valence electrons. The summed E-state index contributed by atoms with van der Waals surface area (Å²) in [6.45, 7) is -0.492. The summed E-state index contributed by atoms with van der Waals surface area (Å²) in [7, 11) is -3.87. The van der Waals surface area contributed by atoms with E-state index >= 15 is 0 Å². The van der Waals surface area contributed by atoms with Crippen molar-refractivity contribution in [2.24, 2.45) is 5.73 Å². The van der Waals surface area contributed by atoms with Crippen LogP contribution in [0.3, 0.4) is 0 Å². The molecule has 0 spiro atoms. The monoisotopic (exact) mass is 263 g/mol. The van der Waals surface area contributed by atoms with Crippen LogP contribution >= 0.6 is 11.6 Å². The fourth-order valence-corrected chi connectivity index (χ4v) is 2.37. The Morgan fingerprint density at radius 3 is 2.62 bits per heavy atom. The zero-order valence-electron chi connectivity index (χ0n) is 8.10. The molecule has 0 radical (unpaired) electrons. The third kappa shape index (κ3) is 3.09. The Labute approximate surface area is 97.6 Å². The van der Waals surface area contributed by atoms with Gasteiger partial charge in [-0.1, -0.05) is 11.6 Å². The lowest BCUT2D eigenvalue weighted by Gasteiger charge is -2.07. The van der Waals surface area contributed by atoms with E-state index in [1.165, 1.54) is 18.2 Å². The molecule has 1 amide bonds. The van der Waals surface area contributed by atoms with E-state index in [9.17, 15) is 13.2 Å². The van der Waals surface area contributed by atoms with Gasteiger partial charge < -0.3 is 11.5 Å². The van der Waals surface area contributed by atoms with Gasteiger partial charge in [0.05, 0.1) is 12.2 Å². The molecular weight excluding hydrogens is 254 g/mol. The third-order valence-electron chi connectivity index (χ3n) is 1.70. The van der Waals surface area contributed by atoms with Crippen molar-refractivity contribution in [3.8, 4) is 0 Å². The van der Waals surface area contributed by atoms with Crippen molar-refractivity contribution in [1.82, 2.24) is 4.72 Å². The van der Waals surface area contributed by atoms with E-state index in [0.717, 1.165) is 0 Å². The number of benzene rings is 1. The molecule has 0 aliphatic heterocycles. The molecule has 0 saturated heterocycles. The first-order valence-corrected chi connectivity index (χ1v) is 6.02. The van der Waals surface area contributed by atoms with Gasteiger partial charge in [0.2, 0.25) is 15.9 Å². The first-order valence-electron chi connectivity index (χ1n) is 4.16. The summed E-state index contributed by atoms with van der Waals surface area (Å²) in [6, 6.07) is 4.02. The smallest absolute Gasteiger partial charge is 0.243 e. The molecule has 0 heterocycles. The predicted molar refractivity (Wildman–Crippen MR) is 60.2 cm³/mol. The van der Waals surface area contributed by atoms with Gasteiger partial charge in [0, 0.05) is 5.02 Å². The number of nitrogens with two attached hydrogens (primary N) is 2. The van der Waals surface area contributed by atoms with Crippen molar-refractivity contribution >= 4 is 33.2 Å². The van der Waals surface area contributed by atoms with Crippen LogP contribution in [0.4, 0.5) is 5.69 Å². The van der Waals surface area contributed by atoms with Crippen LogP contribution in [0, 0.1) is 0 Å². The summed E-state index contributed by atoms with van der Waals surface area (Å²) in [5, 5.41) is 0.230. The van der Waals surface area contributed by atoms with Gasteiger partial charge in [-0.2, -0.15) is 0 Å². The molecule has 0 atom stereocenters. The summed E-state index contributed by atoms with van der Waals surface area (Å²) < 4.78 is 25.3. The average molecular weight is 264 g/mol. The third-order valence-corrected chi connectivity index (χ3v) is 3.39. The van der Waals surface area contributed by atoms with Crippen molar-refractivity contribution in [2.45, 2.75) is 4.90 Å². The highest BCUT2D eigenvalue weighted by molar-refractivity contribution is 7.89. The number of halogens is 1. The van der Waals surface area contributed by atoms with Gasteiger partial charge in [0.25, 0.3) is 0 Å². The maximum Gasteiger partial charge on any atom is 0.243 e. The van der Waals surface area contributed by atoms with Crippen LogP contribution in [0.2, 0.25) is 5.02 Å². The minimum Gasteiger partial charge on any atom is -0.398 e. The molecule has 0 aromatic heterocycles. The number of nitrogen functional groups attached to an aromatic ring is 1. The maximum absolute atomic E-state index is 11.7. The molecule has 0 saturated carbocycles. The Morgan fingerprint density at radius 2 is 2.06 bits per heavy atom. The molecule has 0 aliphatic rings. The highest BCUT2D eigenvalue weighted by Gasteiger charge is 2.18. The van der Waals surface area contributed by atoms with Gasteiger partial charge in [-0.25, -0.2) is 13.1 Å². The number of amides is 1. The largest absolute Gasteiger partial charge is 0.398 e. The van der Waals surface area contributed by atoms with Crippen LogP contribution in [0.1, 0.15) is 0 Å². The lowest BCUT2D eigenvalue weighted by atomic mass is 10.3. The Morgan fingerprint density at radius 1 is 1.44 bits per heavy atom. The SMILES string of the molecule is NC(=O)CNS(=O)(=O)c1cc(Cl)ccc1N. The Kier molecular flexibility index (Phi) is 3.74. The van der Waals surface area contributed by atoms with E-state index in [2.05, 4.69) is 0 Å². The van der Waals surface area contributed by atoms with Crippen molar-refractivity contribution in [2.75, 3.05) is 12.3 Å². The van der Waals surface area contributed by atoms with Crippen molar-refractivity contribution in [3.63, 3.8) is 0 Å². The number of nitrogens with one attached hydrogen (secondary N) is 1. The fourth-order valence-electron chi connectivity index (χ4n) is 0.985. The number of carbonyl (C=O) groups is 1. The molecular formula is C8H10ClN3O3S. The van der Waals surface area contributed by atoms with Gasteiger partial charge in [-0.05, 0) is 18.2 Å². The van der Waals surface area contributed by atoms with Crippen LogP contribution in [0.15, 0.2) is 23.1 Å². The Hall–Kier alpha value is -1.31. The summed E-state index contributed by atoms with van der Waals surface area (Å²) >= 11 is 5.65. The van der Waals surface area contributed by atoms with Crippen LogP contribution in [0.5, 0.6) is 0 Å². The molecule has 0 fully saturated rings. The summed E-state index contributed by atoms with van der Waals surface area (Å²) in [5.74, 6) is -0.788. The first kappa shape index (κ1) is 12.8. The number of hydrogen-bond acceptors (Lipinski definition) is 4. The second-order valence-corrected chi connectivity index (χ2v) is 5.14. The quantitative estimate of drug-likeness (QED) is 0.646. The second-order valence-electron chi connectivity index (χ2n) is 2.97. The molecule has 8 heteroatoms. The molecule has 0 unspecified atom stereocenters. The Balaban J connectivity index is 3.07. The minimum atomic E-state index is -3.87. The van der Waals surface area contributed by atoms with E-state index in [4.69, 9.17) is 23.1 Å². The Bertz CT molecular complexity index is 515. The van der Waals surface area contributed by atoms with E-state index in [0.29, 0.717) is 0 Å². The lowest BCUT2D eigenvalue weighted by molar-refractivity contribution is -0.116. The summed E-state index contributed by atoms with van der Waals surface area (Å²) in [4.78, 5) is 10.3. The van der Waals surface area contributed by atoms with Crippen LogP contribution in [-0.4, -0.2) is 20.9 Å². The standard InChI is InChI=1S/C8H10ClN3O3S/c9-5-1-2-6(10)7(3-5)16(14,15)12-4-8(11)13/h1-3,12H,4,10H2,(H2,11,13). The van der Waals surface area contributed by atoms with Crippen molar-refractivity contribution in [1.29, 1.82) is 0 Å². The first-order chi connectivity index (χ1) is 7.33. The molecule has 0 bridgehead atoms. The van der Waals surface area contributed by atoms with E-state index in [1.807, 2.05) is 4.72 Å². The average Bonchev–Trinajstić information content (AvgIpc) is 2.19. The number of primary amides is 1. The van der Waals surface area contributed by atoms with Crippen LogP contribution in [0.25, 0.3) is 0 Å². The van der Waals surface area contributed by atoms with E-state index < -0.39 is 22.5 Å². The predicted octanol–water partition coefficient (Wildman–Crippen LogP) is -0.314. The topological polar surface area (TPSA) is 115 Å². The van der Waals surface area contributed by atoms with E-state index in [1.54, 1.807) is 0 Å². The number of sulfonamides is 1. The molecule has 5 N–H and O–H groups in total. The highest BCUT2D eigenvalue weighted by Crippen LogP contribution is 2.22. The van der Waals surface area contributed by atoms with Crippen molar-refractivity contribution < 1.29 is 13.2 Å². The van der Waals surface area contributed by atoms with Gasteiger partial charge in [0.1, 0.15) is 4.90 Å². The zero-order valence-corrected chi connectivity index (χ0v) is 9.68. The molecule has 0 aliphatic carbocycles. The van der Waals surface area contributed by atoms with Crippen LogP contribution < -0.4 is 16.2 Å². The fraction of sp³-hybridized carbons (Fsp3) is 0.125. The summed E-state index contributed by atoms with van der Waals surface area (Å²) in [6.07, 6.45) is 0. The van der Waals surface area contributed by atoms with Crippen LogP contribution in [-0.2, 0) is 14.8 Å². The number of carbonyl (C=O) groups excluding carboxylic acids is 1. The van der Waals surface area contributed by atoms with Gasteiger partial charge in [-0.3, -0.25) is 4.79 Å². The molecule has 1 rings (SSSR count). The molecule has 16 heavy (non-hydrogen) atoms. The van der Waals surface area contributed by atoms with Gasteiger partial charge >= 0.3 is 0 Å². The lowest BCUT2D eigenvalue weighted by Crippen LogP contribution is -2.33. The zero-order chi connectivity index (χ0) is 12.3. The number of hydrogen-bond donors (Lipinski definition) is 3. The maximum atomic E-state index is 11.7. The number of rotatable bonds is 4. The minimum absolute atomic E-state index is 0.0429. The molecule has 1 aromatic carbocycles. The number of anilines is 1. The molecule has 1 aromatic rings. The second kappa shape index (κ2) is 4.69. The summed E-state index contributed by atoms with van der Waals surface area (Å²) in [5.41, 5.74) is 10.4. The highest BCUT2D eigenvalue weighted by atomic mass is 35.5. The van der Waals surface area contributed by atoms with Gasteiger partial charge in [-0.15, -0.1) is 0 Å². The molecule has 6 nitrogen and oxygen atoms in total. The van der Waals surface area contributed by atoms with E-state index in [-0.39, 0.29) is 15.6 Å². The van der Waals surface area contributed by atoms with Gasteiger partial charge in [0.15, 0.2) is 0 Å².